The van der Waals surface area contributed by atoms with Crippen molar-refractivity contribution in [3.05, 3.63) is 47.5 Å². The summed E-state index contributed by atoms with van der Waals surface area (Å²) in [6.45, 7) is 0. The number of nitrogens with two attached hydrogens (primary N) is 1. The van der Waals surface area contributed by atoms with E-state index < -0.39 is 0 Å². The highest BCUT2D eigenvalue weighted by Crippen LogP contribution is 2.33. The lowest BCUT2D eigenvalue weighted by atomic mass is 9.85. The molecule has 0 amide bonds. The van der Waals surface area contributed by atoms with Crippen molar-refractivity contribution in [1.29, 1.82) is 0 Å². The fourth-order valence-electron chi connectivity index (χ4n) is 2.63. The molecule has 0 radical (unpaired) electrons. The van der Waals surface area contributed by atoms with Crippen LogP contribution in [0.15, 0.2) is 36.4 Å². The number of fused-ring (bicyclic) bond motifs is 3. The van der Waals surface area contributed by atoms with Crippen LogP contribution in [-0.2, 0) is 6.42 Å². The van der Waals surface area contributed by atoms with Gasteiger partial charge in [-0.3, -0.25) is 0 Å². The van der Waals surface area contributed by atoms with Crippen LogP contribution in [0.5, 0.6) is 0 Å². The quantitative estimate of drug-likeness (QED) is 0.689. The van der Waals surface area contributed by atoms with Gasteiger partial charge in [-0.2, -0.15) is 0 Å². The first kappa shape index (κ1) is 8.93. The van der Waals surface area contributed by atoms with E-state index >= 15 is 0 Å². The SMILES string of the molecule is NC1CCCc2c1ccc1ccccc21. The molecule has 0 aliphatic heterocycles. The molecule has 1 heteroatoms. The molecule has 3 rings (SSSR count). The summed E-state index contributed by atoms with van der Waals surface area (Å²) in [7, 11) is 0. The zero-order chi connectivity index (χ0) is 10.3. The molecular formula is C14H15N. The molecule has 15 heavy (non-hydrogen) atoms. The van der Waals surface area contributed by atoms with Crippen LogP contribution in [0.1, 0.15) is 30.0 Å². The standard InChI is InChI=1S/C14H15N/c15-14-7-3-6-12-11-5-2-1-4-10(11)8-9-13(12)14/h1-2,4-5,8-9,14H,3,6-7,15H2. The fraction of sp³-hybridized carbons (Fsp3) is 0.286. The molecule has 0 fully saturated rings. The van der Waals surface area contributed by atoms with Crippen molar-refractivity contribution in [2.24, 2.45) is 5.73 Å². The largest absolute Gasteiger partial charge is 0.324 e. The second-order valence-corrected chi connectivity index (χ2v) is 4.35. The van der Waals surface area contributed by atoms with Gasteiger partial charge in [-0.25, -0.2) is 0 Å². The van der Waals surface area contributed by atoms with Crippen molar-refractivity contribution in [1.82, 2.24) is 0 Å². The zero-order valence-electron chi connectivity index (χ0n) is 8.74. The Balaban J connectivity index is 2.33. The summed E-state index contributed by atoms with van der Waals surface area (Å²) < 4.78 is 0. The Bertz CT molecular complexity index is 502. The molecular weight excluding hydrogens is 182 g/mol. The minimum Gasteiger partial charge on any atom is -0.324 e. The smallest absolute Gasteiger partial charge is 0.0297 e. The Morgan fingerprint density at radius 2 is 1.93 bits per heavy atom. The van der Waals surface area contributed by atoms with Gasteiger partial charge in [0, 0.05) is 6.04 Å². The van der Waals surface area contributed by atoms with E-state index in [1.54, 1.807) is 0 Å². The second-order valence-electron chi connectivity index (χ2n) is 4.35. The Morgan fingerprint density at radius 1 is 1.07 bits per heavy atom. The van der Waals surface area contributed by atoms with E-state index in [9.17, 15) is 0 Å². The van der Waals surface area contributed by atoms with Crippen LogP contribution in [0, 0.1) is 0 Å². The Morgan fingerprint density at radius 3 is 2.87 bits per heavy atom. The first-order chi connectivity index (χ1) is 7.36. The molecule has 1 nitrogen and oxygen atoms in total. The summed E-state index contributed by atoms with van der Waals surface area (Å²) in [6.07, 6.45) is 3.54. The van der Waals surface area contributed by atoms with Crippen LogP contribution in [-0.4, -0.2) is 0 Å². The molecule has 1 unspecified atom stereocenters. The van der Waals surface area contributed by atoms with Gasteiger partial charge in [-0.1, -0.05) is 36.4 Å². The van der Waals surface area contributed by atoms with Crippen molar-refractivity contribution < 1.29 is 0 Å². The van der Waals surface area contributed by atoms with Crippen molar-refractivity contribution >= 4 is 10.8 Å². The van der Waals surface area contributed by atoms with E-state index in [4.69, 9.17) is 5.73 Å². The molecule has 1 atom stereocenters. The molecule has 2 aromatic rings. The molecule has 76 valence electrons. The molecule has 1 aliphatic carbocycles. The summed E-state index contributed by atoms with van der Waals surface area (Å²) in [6, 6.07) is 13.3. The van der Waals surface area contributed by atoms with Gasteiger partial charge in [0.05, 0.1) is 0 Å². The van der Waals surface area contributed by atoms with Gasteiger partial charge in [0.2, 0.25) is 0 Å². The molecule has 2 aromatic carbocycles. The third-order valence-electron chi connectivity index (χ3n) is 3.42. The van der Waals surface area contributed by atoms with E-state index in [-0.39, 0.29) is 6.04 Å². The maximum Gasteiger partial charge on any atom is 0.0297 e. The topological polar surface area (TPSA) is 26.0 Å². The summed E-state index contributed by atoms with van der Waals surface area (Å²) in [5.74, 6) is 0. The molecule has 0 spiro atoms. The Kier molecular flexibility index (Phi) is 2.00. The van der Waals surface area contributed by atoms with Crippen LogP contribution in [0.25, 0.3) is 10.8 Å². The van der Waals surface area contributed by atoms with E-state index in [0.717, 1.165) is 6.42 Å². The number of hydrogen-bond donors (Lipinski definition) is 1. The van der Waals surface area contributed by atoms with E-state index in [1.165, 1.54) is 34.7 Å². The highest BCUT2D eigenvalue weighted by molar-refractivity contribution is 5.87. The normalized spacial score (nSPS) is 20.2. The lowest BCUT2D eigenvalue weighted by molar-refractivity contribution is 0.573. The highest BCUT2D eigenvalue weighted by atomic mass is 14.6. The summed E-state index contributed by atoms with van der Waals surface area (Å²) in [4.78, 5) is 0. The van der Waals surface area contributed by atoms with Crippen LogP contribution in [0.4, 0.5) is 0 Å². The van der Waals surface area contributed by atoms with Gasteiger partial charge in [-0.05, 0) is 41.2 Å². The lowest BCUT2D eigenvalue weighted by Crippen LogP contribution is -2.17. The molecule has 0 saturated carbocycles. The third-order valence-corrected chi connectivity index (χ3v) is 3.42. The Hall–Kier alpha value is -1.34. The number of hydrogen-bond acceptors (Lipinski definition) is 1. The van der Waals surface area contributed by atoms with E-state index in [2.05, 4.69) is 36.4 Å². The first-order valence-corrected chi connectivity index (χ1v) is 5.62. The van der Waals surface area contributed by atoms with Crippen LogP contribution < -0.4 is 5.73 Å². The van der Waals surface area contributed by atoms with Crippen LogP contribution >= 0.6 is 0 Å². The van der Waals surface area contributed by atoms with Crippen molar-refractivity contribution in [2.75, 3.05) is 0 Å². The fourth-order valence-corrected chi connectivity index (χ4v) is 2.63. The van der Waals surface area contributed by atoms with Crippen molar-refractivity contribution in [3.8, 4) is 0 Å². The van der Waals surface area contributed by atoms with Gasteiger partial charge in [0.1, 0.15) is 0 Å². The molecule has 0 aromatic heterocycles. The number of aryl methyl sites for hydroxylation is 1. The highest BCUT2D eigenvalue weighted by Gasteiger charge is 2.17. The van der Waals surface area contributed by atoms with E-state index in [1.807, 2.05) is 0 Å². The van der Waals surface area contributed by atoms with Gasteiger partial charge in [0.25, 0.3) is 0 Å². The monoisotopic (exact) mass is 197 g/mol. The third kappa shape index (κ3) is 1.35. The van der Waals surface area contributed by atoms with Gasteiger partial charge >= 0.3 is 0 Å². The minimum atomic E-state index is 0.248. The molecule has 0 saturated heterocycles. The Labute approximate surface area is 89.9 Å². The molecule has 1 aliphatic rings. The van der Waals surface area contributed by atoms with E-state index in [0.29, 0.717) is 0 Å². The molecule has 2 N–H and O–H groups in total. The maximum atomic E-state index is 6.14. The van der Waals surface area contributed by atoms with Gasteiger partial charge < -0.3 is 5.73 Å². The minimum absolute atomic E-state index is 0.248. The van der Waals surface area contributed by atoms with Gasteiger partial charge in [-0.15, -0.1) is 0 Å². The lowest BCUT2D eigenvalue weighted by Gasteiger charge is -2.23. The first-order valence-electron chi connectivity index (χ1n) is 5.62. The second kappa shape index (κ2) is 3.35. The predicted molar refractivity (Wildman–Crippen MR) is 63.8 cm³/mol. The number of rotatable bonds is 0. The molecule has 0 heterocycles. The average Bonchev–Trinajstić information content (AvgIpc) is 2.29. The summed E-state index contributed by atoms with van der Waals surface area (Å²) in [5.41, 5.74) is 8.98. The van der Waals surface area contributed by atoms with Gasteiger partial charge in [0.15, 0.2) is 0 Å². The zero-order valence-corrected chi connectivity index (χ0v) is 8.74. The van der Waals surface area contributed by atoms with Crippen molar-refractivity contribution in [2.45, 2.75) is 25.3 Å². The number of benzene rings is 2. The van der Waals surface area contributed by atoms with Crippen LogP contribution in [0.2, 0.25) is 0 Å². The molecule has 0 bridgehead atoms. The van der Waals surface area contributed by atoms with Crippen molar-refractivity contribution in [3.63, 3.8) is 0 Å². The maximum absolute atomic E-state index is 6.14. The summed E-state index contributed by atoms with van der Waals surface area (Å²) >= 11 is 0. The van der Waals surface area contributed by atoms with Crippen LogP contribution in [0.3, 0.4) is 0 Å². The average molecular weight is 197 g/mol. The predicted octanol–water partition coefficient (Wildman–Crippen LogP) is 3.18. The summed E-state index contributed by atoms with van der Waals surface area (Å²) in [5, 5.41) is 2.73.